The summed E-state index contributed by atoms with van der Waals surface area (Å²) in [6.45, 7) is 4.06. The van der Waals surface area contributed by atoms with Gasteiger partial charge >= 0.3 is 0 Å². The monoisotopic (exact) mass is 382 g/mol. The number of methoxy groups -OCH3 is 1. The molecule has 0 aliphatic carbocycles. The largest absolute Gasteiger partial charge is 0.383 e. The number of carbonyl (C=O) groups is 1. The van der Waals surface area contributed by atoms with E-state index < -0.39 is 11.5 Å². The topological polar surface area (TPSA) is 104 Å². The van der Waals surface area contributed by atoms with Gasteiger partial charge < -0.3 is 10.1 Å². The highest BCUT2D eigenvalue weighted by molar-refractivity contribution is 5.94. The SMILES string of the molecule is COC[C@H](C)NC(=O)c1cc(-c2ccc(C)cn2)nn(-c2cnn(C)c2)c1=O. The normalized spacial score (nSPS) is 12.0. The van der Waals surface area contributed by atoms with E-state index in [1.54, 1.807) is 44.2 Å². The molecule has 1 amide bonds. The first-order chi connectivity index (χ1) is 13.4. The molecule has 3 rings (SSSR count). The molecule has 9 nitrogen and oxygen atoms in total. The van der Waals surface area contributed by atoms with Crippen LogP contribution in [0.15, 0.2) is 41.6 Å². The molecule has 3 aromatic heterocycles. The van der Waals surface area contributed by atoms with Gasteiger partial charge in [0.25, 0.3) is 11.5 Å². The molecular weight excluding hydrogens is 360 g/mol. The Hall–Kier alpha value is -3.33. The third-order valence-electron chi connectivity index (χ3n) is 4.06. The number of hydrogen-bond donors (Lipinski definition) is 1. The molecule has 0 unspecified atom stereocenters. The minimum absolute atomic E-state index is 0.0285. The fourth-order valence-corrected chi connectivity index (χ4v) is 2.69. The number of carbonyl (C=O) groups excluding carboxylic acids is 1. The highest BCUT2D eigenvalue weighted by Crippen LogP contribution is 2.16. The van der Waals surface area contributed by atoms with Gasteiger partial charge in [0.2, 0.25) is 0 Å². The lowest BCUT2D eigenvalue weighted by Crippen LogP contribution is -2.39. The minimum Gasteiger partial charge on any atom is -0.383 e. The van der Waals surface area contributed by atoms with E-state index in [2.05, 4.69) is 20.5 Å². The van der Waals surface area contributed by atoms with Crippen molar-refractivity contribution in [3.8, 4) is 17.1 Å². The lowest BCUT2D eigenvalue weighted by molar-refractivity contribution is 0.0903. The van der Waals surface area contributed by atoms with Gasteiger partial charge in [-0.3, -0.25) is 19.3 Å². The minimum atomic E-state index is -0.536. The molecule has 0 saturated carbocycles. The zero-order chi connectivity index (χ0) is 20.3. The zero-order valence-electron chi connectivity index (χ0n) is 16.2. The standard InChI is InChI=1S/C19H22N6O3/c1-12-5-6-16(20-8-12)17-7-15(18(26)22-13(2)11-28-4)19(27)25(23-17)14-9-21-24(3)10-14/h5-10,13H,11H2,1-4H3,(H,22,26)/t13-/m0/s1. The Balaban J connectivity index is 2.12. The molecule has 0 bridgehead atoms. The zero-order valence-corrected chi connectivity index (χ0v) is 16.2. The van der Waals surface area contributed by atoms with Gasteiger partial charge in [-0.15, -0.1) is 0 Å². The van der Waals surface area contributed by atoms with Gasteiger partial charge in [-0.2, -0.15) is 14.9 Å². The molecule has 0 spiro atoms. The average molecular weight is 382 g/mol. The number of nitrogens with zero attached hydrogens (tertiary/aromatic N) is 5. The molecule has 0 aliphatic heterocycles. The quantitative estimate of drug-likeness (QED) is 0.685. The van der Waals surface area contributed by atoms with Crippen molar-refractivity contribution < 1.29 is 9.53 Å². The Morgan fingerprint density at radius 2 is 2.07 bits per heavy atom. The number of aromatic nitrogens is 5. The maximum absolute atomic E-state index is 12.9. The number of pyridine rings is 1. The Labute approximate surface area is 162 Å². The predicted molar refractivity (Wildman–Crippen MR) is 103 cm³/mol. The number of nitrogens with one attached hydrogen (secondary N) is 1. The van der Waals surface area contributed by atoms with E-state index in [4.69, 9.17) is 4.74 Å². The van der Waals surface area contributed by atoms with E-state index in [1.165, 1.54) is 16.9 Å². The van der Waals surface area contributed by atoms with Crippen molar-refractivity contribution in [2.75, 3.05) is 13.7 Å². The molecule has 0 aromatic carbocycles. The molecule has 146 valence electrons. The highest BCUT2D eigenvalue weighted by atomic mass is 16.5. The third-order valence-corrected chi connectivity index (χ3v) is 4.06. The molecule has 0 radical (unpaired) electrons. The lowest BCUT2D eigenvalue weighted by Gasteiger charge is -2.14. The Bertz CT molecular complexity index is 1040. The second-order valence-corrected chi connectivity index (χ2v) is 6.58. The Morgan fingerprint density at radius 1 is 1.29 bits per heavy atom. The number of aryl methyl sites for hydroxylation is 2. The van der Waals surface area contributed by atoms with Crippen LogP contribution in [0.5, 0.6) is 0 Å². The van der Waals surface area contributed by atoms with Crippen molar-refractivity contribution in [3.63, 3.8) is 0 Å². The van der Waals surface area contributed by atoms with Crippen LogP contribution < -0.4 is 10.9 Å². The molecule has 0 fully saturated rings. The van der Waals surface area contributed by atoms with Crippen LogP contribution in [-0.2, 0) is 11.8 Å². The predicted octanol–water partition coefficient (Wildman–Crippen LogP) is 1.10. The number of amides is 1. The third kappa shape index (κ3) is 4.15. The van der Waals surface area contributed by atoms with Crippen LogP contribution in [0.1, 0.15) is 22.8 Å². The second kappa shape index (κ2) is 8.13. The highest BCUT2D eigenvalue weighted by Gasteiger charge is 2.19. The molecule has 0 aliphatic rings. The van der Waals surface area contributed by atoms with Crippen LogP contribution in [0, 0.1) is 6.92 Å². The van der Waals surface area contributed by atoms with E-state index in [0.717, 1.165) is 5.56 Å². The fraction of sp³-hybridized carbons (Fsp3) is 0.316. The van der Waals surface area contributed by atoms with E-state index in [0.29, 0.717) is 23.7 Å². The van der Waals surface area contributed by atoms with Crippen LogP contribution >= 0.6 is 0 Å². The van der Waals surface area contributed by atoms with Gasteiger partial charge in [-0.05, 0) is 31.5 Å². The van der Waals surface area contributed by atoms with Gasteiger partial charge in [-0.25, -0.2) is 0 Å². The van der Waals surface area contributed by atoms with Crippen molar-refractivity contribution >= 4 is 5.91 Å². The molecule has 3 aromatic rings. The molecular formula is C19H22N6O3. The molecule has 1 atom stereocenters. The summed E-state index contributed by atoms with van der Waals surface area (Å²) >= 11 is 0. The molecule has 0 saturated heterocycles. The van der Waals surface area contributed by atoms with Crippen LogP contribution in [0.2, 0.25) is 0 Å². The van der Waals surface area contributed by atoms with E-state index in [-0.39, 0.29) is 11.6 Å². The van der Waals surface area contributed by atoms with Gasteiger partial charge in [0.15, 0.2) is 0 Å². The molecule has 9 heteroatoms. The first-order valence-corrected chi connectivity index (χ1v) is 8.75. The number of hydrogen-bond acceptors (Lipinski definition) is 6. The van der Waals surface area contributed by atoms with Crippen molar-refractivity contribution in [1.29, 1.82) is 0 Å². The van der Waals surface area contributed by atoms with Crippen LogP contribution in [0.3, 0.4) is 0 Å². The molecule has 3 heterocycles. The number of rotatable bonds is 6. The summed E-state index contributed by atoms with van der Waals surface area (Å²) in [5.41, 5.74) is 1.86. The molecule has 1 N–H and O–H groups in total. The summed E-state index contributed by atoms with van der Waals surface area (Å²) in [6, 6.07) is 4.90. The summed E-state index contributed by atoms with van der Waals surface area (Å²) in [7, 11) is 3.28. The average Bonchev–Trinajstić information content (AvgIpc) is 3.09. The van der Waals surface area contributed by atoms with Crippen molar-refractivity contribution in [2.45, 2.75) is 19.9 Å². The summed E-state index contributed by atoms with van der Waals surface area (Å²) < 4.78 is 7.76. The summed E-state index contributed by atoms with van der Waals surface area (Å²) in [5.74, 6) is -0.497. The van der Waals surface area contributed by atoms with Crippen molar-refractivity contribution in [2.24, 2.45) is 7.05 Å². The summed E-state index contributed by atoms with van der Waals surface area (Å²) in [6.07, 6.45) is 4.86. The summed E-state index contributed by atoms with van der Waals surface area (Å²) in [5, 5.41) is 11.2. The molecule has 28 heavy (non-hydrogen) atoms. The smallest absolute Gasteiger partial charge is 0.284 e. The van der Waals surface area contributed by atoms with Gasteiger partial charge in [-0.1, -0.05) is 6.07 Å². The summed E-state index contributed by atoms with van der Waals surface area (Å²) in [4.78, 5) is 30.0. The first-order valence-electron chi connectivity index (χ1n) is 8.75. The van der Waals surface area contributed by atoms with Crippen LogP contribution in [0.25, 0.3) is 17.1 Å². The maximum Gasteiger partial charge on any atom is 0.284 e. The van der Waals surface area contributed by atoms with Crippen LogP contribution in [-0.4, -0.2) is 50.2 Å². The van der Waals surface area contributed by atoms with Crippen LogP contribution in [0.4, 0.5) is 0 Å². The first kappa shape index (κ1) is 19.4. The maximum atomic E-state index is 12.9. The number of ether oxygens (including phenoxy) is 1. The Kier molecular flexibility index (Phi) is 5.65. The Morgan fingerprint density at radius 3 is 2.68 bits per heavy atom. The lowest BCUT2D eigenvalue weighted by atomic mass is 10.1. The van der Waals surface area contributed by atoms with E-state index in [1.807, 2.05) is 13.0 Å². The van der Waals surface area contributed by atoms with Gasteiger partial charge in [0.05, 0.1) is 24.7 Å². The fourth-order valence-electron chi connectivity index (χ4n) is 2.69. The van der Waals surface area contributed by atoms with Crippen molar-refractivity contribution in [1.82, 2.24) is 29.9 Å². The second-order valence-electron chi connectivity index (χ2n) is 6.58. The van der Waals surface area contributed by atoms with Crippen molar-refractivity contribution in [3.05, 3.63) is 58.3 Å². The van der Waals surface area contributed by atoms with Gasteiger partial charge in [0, 0.05) is 26.4 Å². The van der Waals surface area contributed by atoms with Gasteiger partial charge in [0.1, 0.15) is 16.9 Å². The van der Waals surface area contributed by atoms with E-state index in [9.17, 15) is 9.59 Å². The van der Waals surface area contributed by atoms with E-state index >= 15 is 0 Å².